The highest BCUT2D eigenvalue weighted by molar-refractivity contribution is 9.10. The second-order valence-corrected chi connectivity index (χ2v) is 4.76. The molecule has 2 nitrogen and oxygen atoms in total. The minimum absolute atomic E-state index is 0.906. The fraction of sp³-hybridized carbons (Fsp3) is 0.182. The largest absolute Gasteiger partial charge is 0.362 e. The first-order valence-corrected chi connectivity index (χ1v) is 6.43. The molecule has 0 spiro atoms. The smallest absolute Gasteiger partial charge is 0.183 e. The first-order valence-electron chi connectivity index (χ1n) is 4.75. The maximum absolute atomic E-state index is 4.51. The van der Waals surface area contributed by atoms with Crippen LogP contribution in [-0.2, 0) is 0 Å². The molecule has 0 saturated carbocycles. The molecule has 0 aliphatic rings. The molecule has 15 heavy (non-hydrogen) atoms. The third-order valence-electron chi connectivity index (χ3n) is 1.98. The third kappa shape index (κ3) is 2.38. The Morgan fingerprint density at radius 1 is 1.40 bits per heavy atom. The fourth-order valence-corrected chi connectivity index (χ4v) is 2.57. The van der Waals surface area contributed by atoms with Gasteiger partial charge in [0.1, 0.15) is 0 Å². The lowest BCUT2D eigenvalue weighted by Gasteiger charge is -1.99. The van der Waals surface area contributed by atoms with Crippen molar-refractivity contribution in [2.45, 2.75) is 6.92 Å². The third-order valence-corrected chi connectivity index (χ3v) is 3.47. The summed E-state index contributed by atoms with van der Waals surface area (Å²) in [6.45, 7) is 2.97. The summed E-state index contributed by atoms with van der Waals surface area (Å²) >= 11 is 5.16. The first kappa shape index (κ1) is 10.6. The molecular formula is C11H11BrN2S. The van der Waals surface area contributed by atoms with Gasteiger partial charge in [-0.15, -0.1) is 11.3 Å². The zero-order valence-electron chi connectivity index (χ0n) is 8.33. The van der Waals surface area contributed by atoms with E-state index in [2.05, 4.69) is 44.6 Å². The van der Waals surface area contributed by atoms with Gasteiger partial charge in [-0.3, -0.25) is 0 Å². The van der Waals surface area contributed by atoms with E-state index in [-0.39, 0.29) is 0 Å². The number of rotatable bonds is 3. The molecule has 0 saturated heterocycles. The monoisotopic (exact) mass is 282 g/mol. The van der Waals surface area contributed by atoms with Gasteiger partial charge in [0.2, 0.25) is 0 Å². The van der Waals surface area contributed by atoms with Crippen LogP contribution in [-0.4, -0.2) is 11.5 Å². The van der Waals surface area contributed by atoms with Crippen LogP contribution in [0.4, 0.5) is 5.13 Å². The molecule has 78 valence electrons. The van der Waals surface area contributed by atoms with Crippen molar-refractivity contribution in [3.05, 3.63) is 34.1 Å². The van der Waals surface area contributed by atoms with E-state index in [0.717, 1.165) is 27.4 Å². The molecule has 1 aromatic heterocycles. The minimum Gasteiger partial charge on any atom is -0.362 e. The Balaban J connectivity index is 2.33. The molecule has 1 N–H and O–H groups in total. The van der Waals surface area contributed by atoms with Crippen LogP contribution < -0.4 is 5.32 Å². The van der Waals surface area contributed by atoms with E-state index in [1.165, 1.54) is 0 Å². The Kier molecular flexibility index (Phi) is 3.38. The van der Waals surface area contributed by atoms with Crippen LogP contribution >= 0.6 is 27.3 Å². The van der Waals surface area contributed by atoms with Crippen molar-refractivity contribution in [2.24, 2.45) is 0 Å². The molecule has 0 fully saturated rings. The lowest BCUT2D eigenvalue weighted by atomic mass is 10.2. The van der Waals surface area contributed by atoms with Crippen LogP contribution in [0.15, 0.2) is 34.1 Å². The van der Waals surface area contributed by atoms with Gasteiger partial charge in [0.15, 0.2) is 5.13 Å². The summed E-state index contributed by atoms with van der Waals surface area (Å²) in [6, 6.07) is 8.12. The van der Waals surface area contributed by atoms with Crippen LogP contribution in [0.3, 0.4) is 0 Å². The molecule has 4 heteroatoms. The van der Waals surface area contributed by atoms with Gasteiger partial charge in [-0.25, -0.2) is 4.98 Å². The number of aromatic nitrogens is 1. The van der Waals surface area contributed by atoms with Crippen LogP contribution in [0.2, 0.25) is 0 Å². The van der Waals surface area contributed by atoms with E-state index >= 15 is 0 Å². The number of anilines is 1. The summed E-state index contributed by atoms with van der Waals surface area (Å²) in [5, 5.41) is 6.25. The number of nitrogens with zero attached hydrogens (tertiary/aromatic N) is 1. The molecule has 0 atom stereocenters. The molecule has 0 radical (unpaired) electrons. The van der Waals surface area contributed by atoms with Crippen LogP contribution in [0, 0.1) is 0 Å². The molecule has 1 aromatic carbocycles. The Labute approximate surface area is 101 Å². The highest BCUT2D eigenvalue weighted by Gasteiger charge is 2.06. The number of halogens is 1. The number of hydrogen-bond acceptors (Lipinski definition) is 3. The van der Waals surface area contributed by atoms with Gasteiger partial charge in [0.25, 0.3) is 0 Å². The lowest BCUT2D eigenvalue weighted by molar-refractivity contribution is 1.19. The number of thiazole rings is 1. The molecule has 0 unspecified atom stereocenters. The minimum atomic E-state index is 0.906. The second-order valence-electron chi connectivity index (χ2n) is 3.05. The van der Waals surface area contributed by atoms with Crippen molar-refractivity contribution in [3.8, 4) is 11.3 Å². The maximum Gasteiger partial charge on any atom is 0.183 e. The average molecular weight is 283 g/mol. The molecule has 0 aliphatic heterocycles. The molecule has 1 heterocycles. The lowest BCUT2D eigenvalue weighted by Crippen LogP contribution is -1.94. The van der Waals surface area contributed by atoms with E-state index < -0.39 is 0 Å². The SMILES string of the molecule is CCNc1nc(-c2ccccc2Br)cs1. The van der Waals surface area contributed by atoms with E-state index in [9.17, 15) is 0 Å². The molecule has 0 bridgehead atoms. The molecule has 2 rings (SSSR count). The quantitative estimate of drug-likeness (QED) is 0.920. The van der Waals surface area contributed by atoms with Crippen LogP contribution in [0.5, 0.6) is 0 Å². The zero-order valence-corrected chi connectivity index (χ0v) is 10.7. The fourth-order valence-electron chi connectivity index (χ4n) is 1.30. The van der Waals surface area contributed by atoms with Crippen molar-refractivity contribution in [1.29, 1.82) is 0 Å². The van der Waals surface area contributed by atoms with Crippen LogP contribution in [0.1, 0.15) is 6.92 Å². The highest BCUT2D eigenvalue weighted by Crippen LogP contribution is 2.30. The van der Waals surface area contributed by atoms with E-state index in [0.29, 0.717) is 0 Å². The summed E-state index contributed by atoms with van der Waals surface area (Å²) < 4.78 is 1.08. The summed E-state index contributed by atoms with van der Waals surface area (Å²) in [7, 11) is 0. The number of hydrogen-bond donors (Lipinski definition) is 1. The normalized spacial score (nSPS) is 10.3. The summed E-state index contributed by atoms with van der Waals surface area (Å²) in [5.74, 6) is 0. The van der Waals surface area contributed by atoms with Crippen molar-refractivity contribution >= 4 is 32.4 Å². The average Bonchev–Trinajstić information content (AvgIpc) is 2.68. The molecule has 0 amide bonds. The maximum atomic E-state index is 4.51. The summed E-state index contributed by atoms with van der Waals surface area (Å²) in [4.78, 5) is 4.51. The molecule has 2 aromatic rings. The van der Waals surface area contributed by atoms with E-state index in [1.54, 1.807) is 11.3 Å². The van der Waals surface area contributed by atoms with E-state index in [4.69, 9.17) is 0 Å². The first-order chi connectivity index (χ1) is 7.31. The Morgan fingerprint density at radius 3 is 2.93 bits per heavy atom. The van der Waals surface area contributed by atoms with Crippen LogP contribution in [0.25, 0.3) is 11.3 Å². The Hall–Kier alpha value is -0.870. The Morgan fingerprint density at radius 2 is 2.20 bits per heavy atom. The van der Waals surface area contributed by atoms with E-state index in [1.807, 2.05) is 18.2 Å². The van der Waals surface area contributed by atoms with Gasteiger partial charge in [-0.1, -0.05) is 34.1 Å². The second kappa shape index (κ2) is 4.77. The van der Waals surface area contributed by atoms with Gasteiger partial charge in [0.05, 0.1) is 5.69 Å². The van der Waals surface area contributed by atoms with Gasteiger partial charge in [-0.2, -0.15) is 0 Å². The Bertz CT molecular complexity index is 453. The van der Waals surface area contributed by atoms with Gasteiger partial charge < -0.3 is 5.32 Å². The number of nitrogens with one attached hydrogen (secondary N) is 1. The van der Waals surface area contributed by atoms with Crippen molar-refractivity contribution < 1.29 is 0 Å². The highest BCUT2D eigenvalue weighted by atomic mass is 79.9. The van der Waals surface area contributed by atoms with Gasteiger partial charge in [0, 0.05) is 22.0 Å². The zero-order chi connectivity index (χ0) is 10.7. The topological polar surface area (TPSA) is 24.9 Å². The molecular weight excluding hydrogens is 272 g/mol. The molecule has 0 aliphatic carbocycles. The number of benzene rings is 1. The van der Waals surface area contributed by atoms with Crippen molar-refractivity contribution in [3.63, 3.8) is 0 Å². The van der Waals surface area contributed by atoms with Gasteiger partial charge in [-0.05, 0) is 13.0 Å². The van der Waals surface area contributed by atoms with Crippen molar-refractivity contribution in [2.75, 3.05) is 11.9 Å². The standard InChI is InChI=1S/C11H11BrN2S/c1-2-13-11-14-10(7-15-11)8-5-3-4-6-9(8)12/h3-7H,2H2,1H3,(H,13,14). The summed E-state index contributed by atoms with van der Waals surface area (Å²) in [5.41, 5.74) is 2.15. The van der Waals surface area contributed by atoms with Crippen molar-refractivity contribution in [1.82, 2.24) is 4.98 Å². The van der Waals surface area contributed by atoms with Gasteiger partial charge >= 0.3 is 0 Å². The predicted octanol–water partition coefficient (Wildman–Crippen LogP) is 4.00. The summed E-state index contributed by atoms with van der Waals surface area (Å²) in [6.07, 6.45) is 0. The predicted molar refractivity (Wildman–Crippen MR) is 69.4 cm³/mol.